The molecule has 0 aromatic heterocycles. The molecule has 0 radical (unpaired) electrons. The molecule has 0 aliphatic carbocycles. The van der Waals surface area contributed by atoms with Crippen LogP contribution in [0.5, 0.6) is 5.75 Å². The fourth-order valence-electron chi connectivity index (χ4n) is 3.75. The average Bonchev–Trinajstić information content (AvgIpc) is 2.77. The molecule has 1 aliphatic heterocycles. The molecule has 178 valence electrons. The van der Waals surface area contributed by atoms with Crippen molar-refractivity contribution in [2.45, 2.75) is 38.8 Å². The SMILES string of the molecule is CN(C(=O)OC(C)(C)C)C(Cc1ccc(O)cc1)C(=O)N1CCN(c2ccc(I)cc2)CC1. The van der Waals surface area contributed by atoms with Crippen LogP contribution in [0.15, 0.2) is 48.5 Å². The van der Waals surface area contributed by atoms with Crippen LogP contribution in [-0.2, 0) is 16.0 Å². The van der Waals surface area contributed by atoms with Crippen molar-refractivity contribution in [2.75, 3.05) is 38.1 Å². The van der Waals surface area contributed by atoms with Gasteiger partial charge in [-0.05, 0) is 85.3 Å². The summed E-state index contributed by atoms with van der Waals surface area (Å²) >= 11 is 2.29. The summed E-state index contributed by atoms with van der Waals surface area (Å²) in [5, 5.41) is 9.60. The van der Waals surface area contributed by atoms with Gasteiger partial charge in [-0.25, -0.2) is 4.79 Å². The van der Waals surface area contributed by atoms with Gasteiger partial charge in [0.25, 0.3) is 0 Å². The van der Waals surface area contributed by atoms with Crippen LogP contribution in [0.3, 0.4) is 0 Å². The lowest BCUT2D eigenvalue weighted by Crippen LogP contribution is -2.56. The quantitative estimate of drug-likeness (QED) is 0.553. The number of ether oxygens (including phenoxy) is 1. The highest BCUT2D eigenvalue weighted by molar-refractivity contribution is 14.1. The van der Waals surface area contributed by atoms with E-state index in [-0.39, 0.29) is 11.7 Å². The molecule has 1 saturated heterocycles. The molecule has 1 heterocycles. The molecule has 0 spiro atoms. The van der Waals surface area contributed by atoms with Gasteiger partial charge in [0.2, 0.25) is 5.91 Å². The van der Waals surface area contributed by atoms with Crippen molar-refractivity contribution in [3.63, 3.8) is 0 Å². The van der Waals surface area contributed by atoms with Crippen LogP contribution in [0.1, 0.15) is 26.3 Å². The first kappa shape index (κ1) is 25.1. The van der Waals surface area contributed by atoms with Crippen molar-refractivity contribution >= 4 is 40.3 Å². The number of phenols is 1. The van der Waals surface area contributed by atoms with Gasteiger partial charge >= 0.3 is 6.09 Å². The Morgan fingerprint density at radius 2 is 1.61 bits per heavy atom. The molecule has 7 nitrogen and oxygen atoms in total. The van der Waals surface area contributed by atoms with E-state index in [1.807, 2.05) is 4.90 Å². The highest BCUT2D eigenvalue weighted by atomic mass is 127. The number of anilines is 1. The Kier molecular flexibility index (Phi) is 8.10. The molecule has 33 heavy (non-hydrogen) atoms. The lowest BCUT2D eigenvalue weighted by Gasteiger charge is -2.39. The molecule has 1 atom stereocenters. The first-order valence-electron chi connectivity index (χ1n) is 11.1. The number of carbonyl (C=O) groups excluding carboxylic acids is 2. The molecule has 0 saturated carbocycles. The molecule has 1 fully saturated rings. The Hall–Kier alpha value is -2.49. The number of hydrogen-bond acceptors (Lipinski definition) is 5. The molecule has 8 heteroatoms. The van der Waals surface area contributed by atoms with E-state index in [1.54, 1.807) is 52.1 Å². The van der Waals surface area contributed by atoms with E-state index >= 15 is 0 Å². The zero-order valence-electron chi connectivity index (χ0n) is 19.6. The number of benzene rings is 2. The summed E-state index contributed by atoms with van der Waals surface area (Å²) < 4.78 is 6.71. The van der Waals surface area contributed by atoms with Crippen molar-refractivity contribution in [1.29, 1.82) is 0 Å². The average molecular weight is 565 g/mol. The number of amides is 2. The monoisotopic (exact) mass is 565 g/mol. The van der Waals surface area contributed by atoms with E-state index in [2.05, 4.69) is 51.8 Å². The van der Waals surface area contributed by atoms with Gasteiger partial charge in [0, 0.05) is 48.9 Å². The number of hydrogen-bond donors (Lipinski definition) is 1. The molecule has 3 rings (SSSR count). The number of carbonyl (C=O) groups is 2. The maximum absolute atomic E-state index is 13.6. The third-order valence-electron chi connectivity index (χ3n) is 5.58. The Morgan fingerprint density at radius 1 is 1.03 bits per heavy atom. The van der Waals surface area contributed by atoms with Gasteiger partial charge < -0.3 is 19.6 Å². The van der Waals surface area contributed by atoms with Gasteiger partial charge in [0.15, 0.2) is 0 Å². The molecule has 2 aromatic rings. The van der Waals surface area contributed by atoms with E-state index in [1.165, 1.54) is 8.47 Å². The zero-order valence-corrected chi connectivity index (χ0v) is 21.8. The number of likely N-dealkylation sites (N-methyl/N-ethyl adjacent to an activating group) is 1. The van der Waals surface area contributed by atoms with Crippen LogP contribution in [0.2, 0.25) is 0 Å². The second-order valence-electron chi connectivity index (χ2n) is 9.27. The van der Waals surface area contributed by atoms with E-state index in [4.69, 9.17) is 4.74 Å². The smallest absolute Gasteiger partial charge is 0.410 e. The summed E-state index contributed by atoms with van der Waals surface area (Å²) in [5.74, 6) is 0.0625. The van der Waals surface area contributed by atoms with Crippen LogP contribution < -0.4 is 4.90 Å². The van der Waals surface area contributed by atoms with Crippen LogP contribution in [0.4, 0.5) is 10.5 Å². The lowest BCUT2D eigenvalue weighted by atomic mass is 10.0. The van der Waals surface area contributed by atoms with Gasteiger partial charge in [-0.3, -0.25) is 9.69 Å². The fourth-order valence-corrected chi connectivity index (χ4v) is 4.11. The van der Waals surface area contributed by atoms with Crippen molar-refractivity contribution in [2.24, 2.45) is 0 Å². The predicted octanol–water partition coefficient (Wildman–Crippen LogP) is 4.12. The van der Waals surface area contributed by atoms with E-state index in [0.29, 0.717) is 19.5 Å². The first-order valence-corrected chi connectivity index (χ1v) is 12.1. The summed E-state index contributed by atoms with van der Waals surface area (Å²) in [7, 11) is 1.61. The second-order valence-corrected chi connectivity index (χ2v) is 10.5. The lowest BCUT2D eigenvalue weighted by molar-refractivity contribution is -0.136. The number of piperazine rings is 1. The molecule has 1 aliphatic rings. The molecular formula is C25H32IN3O4. The molecule has 1 unspecified atom stereocenters. The molecule has 2 aromatic carbocycles. The highest BCUT2D eigenvalue weighted by Gasteiger charge is 2.34. The number of phenolic OH excluding ortho intramolecular Hbond substituents is 1. The Morgan fingerprint density at radius 3 is 2.15 bits per heavy atom. The minimum atomic E-state index is -0.700. The normalized spacial score (nSPS) is 15.2. The third kappa shape index (κ3) is 6.99. The largest absolute Gasteiger partial charge is 0.508 e. The Labute approximate surface area is 209 Å². The second kappa shape index (κ2) is 10.6. The Balaban J connectivity index is 1.73. The number of aromatic hydroxyl groups is 1. The summed E-state index contributed by atoms with van der Waals surface area (Å²) in [4.78, 5) is 31.9. The van der Waals surface area contributed by atoms with E-state index < -0.39 is 17.7 Å². The predicted molar refractivity (Wildman–Crippen MR) is 138 cm³/mol. The number of halogens is 1. The minimum absolute atomic E-state index is 0.0984. The van der Waals surface area contributed by atoms with Crippen LogP contribution in [-0.4, -0.2) is 71.8 Å². The molecule has 2 amide bonds. The molecule has 0 bridgehead atoms. The summed E-state index contributed by atoms with van der Waals surface area (Å²) in [6.07, 6.45) is -0.191. The van der Waals surface area contributed by atoms with Crippen molar-refractivity contribution in [3.8, 4) is 5.75 Å². The Bertz CT molecular complexity index is 949. The number of rotatable bonds is 5. The van der Waals surface area contributed by atoms with Crippen LogP contribution in [0, 0.1) is 3.57 Å². The van der Waals surface area contributed by atoms with Crippen LogP contribution in [0.25, 0.3) is 0 Å². The van der Waals surface area contributed by atoms with Crippen LogP contribution >= 0.6 is 22.6 Å². The van der Waals surface area contributed by atoms with E-state index in [0.717, 1.165) is 24.3 Å². The van der Waals surface area contributed by atoms with Crippen molar-refractivity contribution in [1.82, 2.24) is 9.80 Å². The standard InChI is InChI=1S/C25H32IN3O4/c1-25(2,3)33-24(32)27(4)22(17-18-5-11-21(30)12-6-18)23(31)29-15-13-28(14-16-29)20-9-7-19(26)8-10-20/h5-12,22,30H,13-17H2,1-4H3. The molecule has 1 N–H and O–H groups in total. The topological polar surface area (TPSA) is 73.3 Å². The highest BCUT2D eigenvalue weighted by Crippen LogP contribution is 2.21. The van der Waals surface area contributed by atoms with Gasteiger partial charge in [0.1, 0.15) is 17.4 Å². The van der Waals surface area contributed by atoms with Gasteiger partial charge in [0.05, 0.1) is 0 Å². The van der Waals surface area contributed by atoms with Gasteiger partial charge in [-0.1, -0.05) is 12.1 Å². The van der Waals surface area contributed by atoms with Crippen molar-refractivity contribution < 1.29 is 19.4 Å². The van der Waals surface area contributed by atoms with Crippen molar-refractivity contribution in [3.05, 3.63) is 57.7 Å². The third-order valence-corrected chi connectivity index (χ3v) is 6.30. The summed E-state index contributed by atoms with van der Waals surface area (Å²) in [5.41, 5.74) is 1.35. The maximum atomic E-state index is 13.6. The maximum Gasteiger partial charge on any atom is 0.410 e. The molecular weight excluding hydrogens is 533 g/mol. The van der Waals surface area contributed by atoms with Gasteiger partial charge in [-0.2, -0.15) is 0 Å². The number of nitrogens with zero attached hydrogens (tertiary/aromatic N) is 3. The summed E-state index contributed by atoms with van der Waals surface area (Å²) in [6, 6.07) is 14.4. The van der Waals surface area contributed by atoms with E-state index in [9.17, 15) is 14.7 Å². The fraction of sp³-hybridized carbons (Fsp3) is 0.440. The summed E-state index contributed by atoms with van der Waals surface area (Å²) in [6.45, 7) is 8.04. The minimum Gasteiger partial charge on any atom is -0.508 e. The van der Waals surface area contributed by atoms with Gasteiger partial charge in [-0.15, -0.1) is 0 Å². The first-order chi connectivity index (χ1) is 15.5. The zero-order chi connectivity index (χ0) is 24.2.